The van der Waals surface area contributed by atoms with E-state index in [2.05, 4.69) is 31.0 Å². The van der Waals surface area contributed by atoms with Crippen molar-refractivity contribution in [3.05, 3.63) is 225 Å². The Labute approximate surface area is 551 Å². The van der Waals surface area contributed by atoms with Gasteiger partial charge in [0.1, 0.15) is 12.2 Å². The maximum atomic E-state index is 12.4. The van der Waals surface area contributed by atoms with Crippen LogP contribution in [0.5, 0.6) is 0 Å². The van der Waals surface area contributed by atoms with Crippen LogP contribution in [0.4, 0.5) is 0 Å². The van der Waals surface area contributed by atoms with E-state index in [-0.39, 0.29) is 55.7 Å². The first kappa shape index (κ1) is 76.9. The van der Waals surface area contributed by atoms with Crippen molar-refractivity contribution in [1.82, 2.24) is 26.3 Å². The summed E-state index contributed by atoms with van der Waals surface area (Å²) in [5.41, 5.74) is 10.8. The molecule has 7 aromatic rings. The predicted octanol–water partition coefficient (Wildman–Crippen LogP) is 7.89. The highest BCUT2D eigenvalue weighted by molar-refractivity contribution is 6.35. The number of fused-ring (bicyclic) bond motifs is 5. The number of Topliss-reactive ketones (excluding diaryl/α,β-unsaturated/α-hetero) is 1. The number of carbonyl (C=O) groups is 8. The Morgan fingerprint density at radius 3 is 1.35 bits per heavy atom. The Morgan fingerprint density at radius 1 is 0.585 bits per heavy atom. The standard InChI is InChI=1S/2C16H19NO3.C10H13NO2.C10H11NO2.C10H9NO.C7H9N.C4H8O3.B/c2*1-4-20-14(19)16(3)9-15(2)11-8-6-5-7-10(11)12(16)17-13(15)18;2*1-8(12)10(13)11-7-9-5-3-2-4-6-9;1-7-9-5-3-2-4-8(9)6-11-10(7)12;8-6-7-4-2-1-3-5-7;1-3(5)4(6)7-2;/h2*5-8,12H,4,9H2,1-3H3,(H,17,18);2-6,8,12H,7H2,1H3,(H,11,13);2-6H,7H2,1H3,(H,11,13);2-6H,1H3,(H,11,12);1-5H,6,8H2;3,5H,1-2H3;/t;;8-;;;;3-;/m..0...0./s1. The van der Waals surface area contributed by atoms with E-state index < -0.39 is 51.5 Å². The third-order valence-electron chi connectivity index (χ3n) is 16.5. The molecule has 8 atom stereocenters. The van der Waals surface area contributed by atoms with Crippen LogP contribution in [-0.4, -0.2) is 103 Å². The van der Waals surface area contributed by atoms with Gasteiger partial charge < -0.3 is 56.4 Å². The van der Waals surface area contributed by atoms with Crippen molar-refractivity contribution >= 4 is 66.5 Å². The average Bonchev–Trinajstić information content (AvgIpc) is 0.712. The number of nitrogens with two attached hydrogens (primary N) is 1. The van der Waals surface area contributed by atoms with Gasteiger partial charge in [0.25, 0.3) is 11.5 Å². The Kier molecular flexibility index (Phi) is 29.0. The molecule has 94 heavy (non-hydrogen) atoms. The quantitative estimate of drug-likeness (QED) is 0.0250. The van der Waals surface area contributed by atoms with Crippen molar-refractivity contribution in [1.29, 1.82) is 0 Å². The highest BCUT2D eigenvalue weighted by atomic mass is 16.5. The summed E-state index contributed by atoms with van der Waals surface area (Å²) in [7, 11) is 1.23. The van der Waals surface area contributed by atoms with Crippen molar-refractivity contribution < 1.29 is 62.8 Å². The molecule has 0 saturated carbocycles. The number of ether oxygens (including phenoxy) is 3. The maximum absolute atomic E-state index is 12.4. The Bertz CT molecular complexity index is 3650. The molecule has 497 valence electrons. The van der Waals surface area contributed by atoms with Gasteiger partial charge in [0.2, 0.25) is 23.5 Å². The van der Waals surface area contributed by atoms with Gasteiger partial charge in [-0.25, -0.2) is 4.79 Å². The number of piperidine rings is 2. The second-order valence-electron chi connectivity index (χ2n) is 23.6. The smallest absolute Gasteiger partial charge is 0.334 e. The first-order valence-corrected chi connectivity index (χ1v) is 30.7. The number of aromatic nitrogens is 1. The first-order valence-electron chi connectivity index (χ1n) is 30.7. The summed E-state index contributed by atoms with van der Waals surface area (Å²) < 4.78 is 14.6. The molecular formula is C73H88BN6O14. The third kappa shape index (κ3) is 19.3. The fourth-order valence-corrected chi connectivity index (χ4v) is 11.4. The lowest BCUT2D eigenvalue weighted by atomic mass is 9.55. The second kappa shape index (κ2) is 35.5. The molecule has 2 saturated heterocycles. The monoisotopic (exact) mass is 1280 g/mol. The van der Waals surface area contributed by atoms with Crippen LogP contribution < -0.4 is 32.6 Å². The Balaban J connectivity index is 0.000000240. The number of benzene rings is 6. The summed E-state index contributed by atoms with van der Waals surface area (Å²) in [6.45, 7) is 19.3. The van der Waals surface area contributed by atoms with Crippen LogP contribution in [-0.2, 0) is 83.0 Å². The van der Waals surface area contributed by atoms with Gasteiger partial charge in [0.15, 0.2) is 0 Å². The molecule has 1 aromatic heterocycles. The number of methoxy groups -OCH3 is 1. The number of H-pyrrole nitrogens is 1. The minimum atomic E-state index is -0.995. The Hall–Kier alpha value is -9.57. The topological polar surface area (TPSA) is 312 Å². The van der Waals surface area contributed by atoms with Gasteiger partial charge in [-0.15, -0.1) is 0 Å². The molecule has 6 aliphatic rings. The zero-order valence-corrected chi connectivity index (χ0v) is 55.4. The van der Waals surface area contributed by atoms with E-state index in [1.165, 1.54) is 33.4 Å². The number of aliphatic hydroxyl groups excluding tert-OH is 2. The predicted molar refractivity (Wildman–Crippen MR) is 360 cm³/mol. The minimum Gasteiger partial charge on any atom is -0.467 e. The highest BCUT2D eigenvalue weighted by Gasteiger charge is 2.62. The number of carbonyl (C=O) groups excluding carboxylic acids is 8. The molecule has 6 unspecified atom stereocenters. The summed E-state index contributed by atoms with van der Waals surface area (Å²) in [5.74, 6) is -2.40. The maximum Gasteiger partial charge on any atom is 0.334 e. The number of amides is 4. The molecule has 4 amide bonds. The zero-order valence-electron chi connectivity index (χ0n) is 55.4. The van der Waals surface area contributed by atoms with Gasteiger partial charge in [0, 0.05) is 46.7 Å². The number of ketones is 1. The van der Waals surface area contributed by atoms with Crippen LogP contribution in [0.2, 0.25) is 0 Å². The van der Waals surface area contributed by atoms with Crippen LogP contribution in [0.3, 0.4) is 0 Å². The molecule has 20 nitrogen and oxygen atoms in total. The number of aryl methyl sites for hydroxylation is 1. The van der Waals surface area contributed by atoms with E-state index >= 15 is 0 Å². The van der Waals surface area contributed by atoms with Crippen molar-refractivity contribution in [3.8, 4) is 0 Å². The summed E-state index contributed by atoms with van der Waals surface area (Å²) in [5, 5.41) is 30.5. The minimum absolute atomic E-state index is 0. The molecule has 5 heterocycles. The molecule has 4 bridgehead atoms. The number of esters is 3. The number of hydrogen-bond donors (Lipinski definition) is 8. The molecule has 2 aliphatic carbocycles. The van der Waals surface area contributed by atoms with Crippen molar-refractivity contribution in [2.45, 2.75) is 137 Å². The molecule has 9 N–H and O–H groups in total. The second-order valence-corrected chi connectivity index (χ2v) is 23.6. The lowest BCUT2D eigenvalue weighted by molar-refractivity contribution is -0.165. The zero-order chi connectivity index (χ0) is 68.7. The van der Waals surface area contributed by atoms with Gasteiger partial charge in [-0.2, -0.15) is 0 Å². The molecule has 4 aliphatic heterocycles. The van der Waals surface area contributed by atoms with Gasteiger partial charge >= 0.3 is 17.9 Å². The van der Waals surface area contributed by atoms with Crippen LogP contribution in [0.1, 0.15) is 132 Å². The number of nitrogens with one attached hydrogen (secondary N) is 5. The van der Waals surface area contributed by atoms with Crippen molar-refractivity contribution in [2.24, 2.45) is 16.6 Å². The van der Waals surface area contributed by atoms with Gasteiger partial charge in [-0.05, 0) is 125 Å². The Morgan fingerprint density at radius 2 is 0.979 bits per heavy atom. The number of hydrogen-bond acceptors (Lipinski definition) is 15. The number of rotatable bonds is 12. The fourth-order valence-electron chi connectivity index (χ4n) is 11.4. The summed E-state index contributed by atoms with van der Waals surface area (Å²) in [6.07, 6.45) is 0.789. The molecule has 0 spiro atoms. The van der Waals surface area contributed by atoms with Crippen LogP contribution >= 0.6 is 0 Å². The number of aromatic amines is 1. The van der Waals surface area contributed by atoms with Crippen molar-refractivity contribution in [2.75, 3.05) is 20.3 Å². The molecule has 2 fully saturated rings. The molecular weight excluding hydrogens is 1200 g/mol. The van der Waals surface area contributed by atoms with E-state index in [4.69, 9.17) is 25.4 Å². The average molecular weight is 1280 g/mol. The highest BCUT2D eigenvalue weighted by Crippen LogP contribution is 2.57. The molecule has 3 radical (unpaired) electrons. The fraction of sp³-hybridized carbons (Fsp3) is 0.356. The summed E-state index contributed by atoms with van der Waals surface area (Å²) >= 11 is 0. The number of aliphatic hydroxyl groups is 2. The number of pyridine rings is 1. The van der Waals surface area contributed by atoms with E-state index in [0.29, 0.717) is 45.7 Å². The van der Waals surface area contributed by atoms with Crippen molar-refractivity contribution in [3.63, 3.8) is 0 Å². The third-order valence-corrected chi connectivity index (χ3v) is 16.5. The summed E-state index contributed by atoms with van der Waals surface area (Å²) in [6, 6.07) is 52.0. The first-order chi connectivity index (χ1) is 44.2. The SMILES string of the molecule is CC(=O)C(=O)NCc1ccccc1.CCOC(=O)C1(C)CC2(C)C(=O)NC1c1ccccc12.CCOC(=O)C1(C)CC2(C)C(=O)NC1c1ccccc12.COC(=O)[C@H](C)O.C[C@H](O)C(=O)NCc1ccccc1.Cc1c(=O)[nH]cc2ccccc12.NCc1ccccc1.[B]. The van der Waals surface area contributed by atoms with E-state index in [9.17, 15) is 43.2 Å². The van der Waals surface area contributed by atoms with E-state index in [0.717, 1.165) is 49.7 Å². The molecule has 21 heteroatoms. The molecule has 13 rings (SSSR count). The lowest BCUT2D eigenvalue weighted by Gasteiger charge is -2.53. The van der Waals surface area contributed by atoms with Gasteiger partial charge in [0.05, 0.1) is 54.1 Å². The van der Waals surface area contributed by atoms with Crippen LogP contribution in [0, 0.1) is 17.8 Å². The summed E-state index contributed by atoms with van der Waals surface area (Å²) in [4.78, 5) is 106. The van der Waals surface area contributed by atoms with Crippen LogP contribution in [0.15, 0.2) is 175 Å². The molecule has 6 aromatic carbocycles. The van der Waals surface area contributed by atoms with Gasteiger partial charge in [-0.1, -0.05) is 164 Å². The largest absolute Gasteiger partial charge is 0.467 e. The van der Waals surface area contributed by atoms with Gasteiger partial charge in [-0.3, -0.25) is 38.4 Å². The van der Waals surface area contributed by atoms with E-state index in [1.54, 1.807) is 20.0 Å². The van der Waals surface area contributed by atoms with Crippen LogP contribution in [0.25, 0.3) is 10.8 Å². The lowest BCUT2D eigenvalue weighted by Crippen LogP contribution is -2.63. The normalized spacial score (nSPS) is 20.7. The van der Waals surface area contributed by atoms with E-state index in [1.807, 2.05) is 198 Å².